The average molecular weight is 326 g/mol. The first-order valence-corrected chi connectivity index (χ1v) is 7.02. The maximum absolute atomic E-state index is 12.2. The highest BCUT2D eigenvalue weighted by Crippen LogP contribution is 2.29. The van der Waals surface area contributed by atoms with Crippen molar-refractivity contribution in [2.75, 3.05) is 7.11 Å². The van der Waals surface area contributed by atoms with Crippen molar-refractivity contribution in [1.29, 1.82) is 0 Å². The van der Waals surface area contributed by atoms with Gasteiger partial charge in [-0.25, -0.2) is 0 Å². The average Bonchev–Trinajstić information content (AvgIpc) is 2.36. The number of halogens is 3. The van der Waals surface area contributed by atoms with Crippen LogP contribution in [0.15, 0.2) is 24.3 Å². The summed E-state index contributed by atoms with van der Waals surface area (Å²) in [7, 11) is -4.51. The monoisotopic (exact) mass is 326 g/mol. The summed E-state index contributed by atoms with van der Waals surface area (Å²) in [6.07, 6.45) is 0. The fraction of sp³-hybridized carbons (Fsp3) is 0.417. The number of esters is 1. The van der Waals surface area contributed by atoms with E-state index in [9.17, 15) is 26.4 Å². The largest absolute Gasteiger partial charge is 0.534 e. The van der Waals surface area contributed by atoms with Gasteiger partial charge in [0.2, 0.25) is 0 Å². The lowest BCUT2D eigenvalue weighted by molar-refractivity contribution is -0.146. The van der Waals surface area contributed by atoms with Crippen LogP contribution in [0.5, 0.6) is 5.75 Å². The molecule has 0 aliphatic heterocycles. The molecule has 9 heteroatoms. The SMILES string of the molecule is COC(=O)C(C)(C)c1ccc(OS(=O)(=O)C(F)(F)F)cc1. The third kappa shape index (κ3) is 3.66. The zero-order chi connectivity index (χ0) is 16.5. The van der Waals surface area contributed by atoms with Crippen LogP contribution in [0.25, 0.3) is 0 Å². The van der Waals surface area contributed by atoms with Crippen LogP contribution >= 0.6 is 0 Å². The number of benzene rings is 1. The van der Waals surface area contributed by atoms with E-state index in [1.807, 2.05) is 0 Å². The number of carbonyl (C=O) groups excluding carboxylic acids is 1. The molecule has 0 saturated heterocycles. The zero-order valence-electron chi connectivity index (χ0n) is 11.4. The van der Waals surface area contributed by atoms with E-state index in [2.05, 4.69) is 8.92 Å². The first kappa shape index (κ1) is 17.3. The smallest absolute Gasteiger partial charge is 0.468 e. The Kier molecular flexibility index (Phi) is 4.57. The molecule has 0 unspecified atom stereocenters. The predicted octanol–water partition coefficient (Wildman–Crippen LogP) is 2.37. The van der Waals surface area contributed by atoms with Crippen molar-refractivity contribution in [3.8, 4) is 5.75 Å². The number of hydrogen-bond acceptors (Lipinski definition) is 5. The first-order valence-electron chi connectivity index (χ1n) is 5.61. The third-order valence-electron chi connectivity index (χ3n) is 2.76. The maximum atomic E-state index is 12.2. The fourth-order valence-corrected chi connectivity index (χ4v) is 1.93. The molecule has 118 valence electrons. The fourth-order valence-electron chi connectivity index (χ4n) is 1.47. The number of carbonyl (C=O) groups is 1. The number of methoxy groups -OCH3 is 1. The topological polar surface area (TPSA) is 69.7 Å². The van der Waals surface area contributed by atoms with E-state index >= 15 is 0 Å². The Morgan fingerprint density at radius 3 is 1.95 bits per heavy atom. The van der Waals surface area contributed by atoms with Gasteiger partial charge in [0.05, 0.1) is 12.5 Å². The number of alkyl halides is 3. The molecule has 1 rings (SSSR count). The molecule has 0 aliphatic rings. The maximum Gasteiger partial charge on any atom is 0.534 e. The quantitative estimate of drug-likeness (QED) is 0.483. The highest BCUT2D eigenvalue weighted by Gasteiger charge is 2.48. The molecule has 0 saturated carbocycles. The minimum Gasteiger partial charge on any atom is -0.468 e. The van der Waals surface area contributed by atoms with Gasteiger partial charge in [-0.2, -0.15) is 21.6 Å². The van der Waals surface area contributed by atoms with Gasteiger partial charge in [0.25, 0.3) is 0 Å². The number of ether oxygens (including phenoxy) is 1. The summed E-state index contributed by atoms with van der Waals surface area (Å²) in [5.41, 5.74) is -6.10. The van der Waals surface area contributed by atoms with Gasteiger partial charge < -0.3 is 8.92 Å². The molecule has 1 aromatic rings. The van der Waals surface area contributed by atoms with Crippen molar-refractivity contribution in [2.24, 2.45) is 0 Å². The van der Waals surface area contributed by atoms with Crippen LogP contribution in [0.1, 0.15) is 19.4 Å². The second-order valence-corrected chi connectivity index (χ2v) is 6.16. The van der Waals surface area contributed by atoms with Crippen LogP contribution in [-0.4, -0.2) is 27.0 Å². The molecule has 0 aromatic heterocycles. The van der Waals surface area contributed by atoms with E-state index in [1.54, 1.807) is 13.8 Å². The summed E-state index contributed by atoms with van der Waals surface area (Å²) >= 11 is 0. The van der Waals surface area contributed by atoms with Crippen molar-refractivity contribution in [3.05, 3.63) is 29.8 Å². The molecule has 1 aromatic carbocycles. The molecule has 0 amide bonds. The van der Waals surface area contributed by atoms with Gasteiger partial charge in [-0.1, -0.05) is 12.1 Å². The van der Waals surface area contributed by atoms with Gasteiger partial charge in [-0.05, 0) is 31.5 Å². The summed E-state index contributed by atoms with van der Waals surface area (Å²) in [4.78, 5) is 11.6. The molecular formula is C12H13F3O5S. The van der Waals surface area contributed by atoms with Crippen LogP contribution in [0.3, 0.4) is 0 Å². The van der Waals surface area contributed by atoms with Gasteiger partial charge >= 0.3 is 21.6 Å². The van der Waals surface area contributed by atoms with Crippen molar-refractivity contribution in [3.63, 3.8) is 0 Å². The molecule has 0 N–H and O–H groups in total. The van der Waals surface area contributed by atoms with Gasteiger partial charge in [-0.3, -0.25) is 4.79 Å². The van der Waals surface area contributed by atoms with E-state index in [0.717, 1.165) is 12.1 Å². The van der Waals surface area contributed by atoms with Gasteiger partial charge in [0.1, 0.15) is 5.75 Å². The first-order chi connectivity index (χ1) is 9.41. The van der Waals surface area contributed by atoms with Crippen molar-refractivity contribution >= 4 is 16.1 Å². The Balaban J connectivity index is 3.02. The molecule has 0 spiro atoms. The van der Waals surface area contributed by atoms with E-state index in [0.29, 0.717) is 5.56 Å². The Morgan fingerprint density at radius 2 is 1.57 bits per heavy atom. The molecule has 0 aliphatic carbocycles. The minimum absolute atomic E-state index is 0.436. The van der Waals surface area contributed by atoms with Crippen molar-refractivity contribution in [2.45, 2.75) is 24.8 Å². The number of rotatable bonds is 4. The Labute approximate surface area is 119 Å². The lowest BCUT2D eigenvalue weighted by Gasteiger charge is -2.22. The van der Waals surface area contributed by atoms with Gasteiger partial charge in [0, 0.05) is 0 Å². The Morgan fingerprint density at radius 1 is 1.10 bits per heavy atom. The third-order valence-corrected chi connectivity index (χ3v) is 3.74. The zero-order valence-corrected chi connectivity index (χ0v) is 12.2. The summed E-state index contributed by atoms with van der Waals surface area (Å²) in [6, 6.07) is 4.64. The molecular weight excluding hydrogens is 313 g/mol. The van der Waals surface area contributed by atoms with Crippen LogP contribution in [0.2, 0.25) is 0 Å². The summed E-state index contributed by atoms with van der Waals surface area (Å²) in [5, 5.41) is 0. The molecule has 0 heterocycles. The highest BCUT2D eigenvalue weighted by molar-refractivity contribution is 7.87. The molecule has 0 bridgehead atoms. The number of hydrogen-bond donors (Lipinski definition) is 0. The summed E-state index contributed by atoms with van der Waals surface area (Å²) in [6.45, 7) is 3.11. The van der Waals surface area contributed by atoms with Crippen LogP contribution in [0.4, 0.5) is 13.2 Å². The predicted molar refractivity (Wildman–Crippen MR) is 67.1 cm³/mol. The molecule has 0 fully saturated rings. The summed E-state index contributed by atoms with van der Waals surface area (Å²) < 4.78 is 66.7. The van der Waals surface area contributed by atoms with Crippen molar-refractivity contribution in [1.82, 2.24) is 0 Å². The van der Waals surface area contributed by atoms with E-state index in [-0.39, 0.29) is 0 Å². The molecule has 0 atom stereocenters. The van der Waals surface area contributed by atoms with E-state index in [4.69, 9.17) is 0 Å². The molecule has 5 nitrogen and oxygen atoms in total. The van der Waals surface area contributed by atoms with E-state index < -0.39 is 32.8 Å². The van der Waals surface area contributed by atoms with Gasteiger partial charge in [-0.15, -0.1) is 0 Å². The normalized spacial score (nSPS) is 12.9. The van der Waals surface area contributed by atoms with Crippen LogP contribution < -0.4 is 4.18 Å². The minimum atomic E-state index is -5.71. The molecule has 0 radical (unpaired) electrons. The second-order valence-electron chi connectivity index (χ2n) is 4.62. The Hall–Kier alpha value is -1.77. The molecule has 21 heavy (non-hydrogen) atoms. The lowest BCUT2D eigenvalue weighted by atomic mass is 9.85. The van der Waals surface area contributed by atoms with Crippen LogP contribution in [-0.2, 0) is 25.1 Å². The van der Waals surface area contributed by atoms with Crippen molar-refractivity contribution < 1.29 is 35.3 Å². The standard InChI is InChI=1S/C12H13F3O5S/c1-11(2,10(16)19-3)8-4-6-9(7-5-8)20-21(17,18)12(13,14)15/h4-7H,1-3H3. The van der Waals surface area contributed by atoms with E-state index in [1.165, 1.54) is 19.2 Å². The highest BCUT2D eigenvalue weighted by atomic mass is 32.2. The summed E-state index contributed by atoms with van der Waals surface area (Å²) in [5.74, 6) is -1.05. The van der Waals surface area contributed by atoms with Gasteiger partial charge in [0.15, 0.2) is 0 Å². The van der Waals surface area contributed by atoms with Crippen LogP contribution in [0, 0.1) is 0 Å². The second kappa shape index (κ2) is 5.55. The lowest BCUT2D eigenvalue weighted by Crippen LogP contribution is -2.30. The Bertz CT molecular complexity index is 617.